The molecule has 0 aromatic rings. The van der Waals surface area contributed by atoms with Gasteiger partial charge in [0.2, 0.25) is 5.91 Å². The van der Waals surface area contributed by atoms with Crippen LogP contribution in [-0.4, -0.2) is 69.4 Å². The van der Waals surface area contributed by atoms with Crippen molar-refractivity contribution in [2.45, 2.75) is 0 Å². The second-order valence-electron chi connectivity index (χ2n) is 4.63. The van der Waals surface area contributed by atoms with Crippen molar-refractivity contribution in [2.75, 3.05) is 41.1 Å². The Hall–Kier alpha value is 0.184. The van der Waals surface area contributed by atoms with E-state index in [4.69, 9.17) is 4.55 Å². The van der Waals surface area contributed by atoms with Crippen molar-refractivity contribution in [3.8, 4) is 0 Å². The van der Waals surface area contributed by atoms with Gasteiger partial charge < -0.3 is 9.38 Å². The topological polar surface area (TPSA) is 74.7 Å². The van der Waals surface area contributed by atoms with Crippen molar-refractivity contribution in [3.05, 3.63) is 12.7 Å². The molecule has 0 aromatic carbocycles. The molecule has 0 unspecified atom stereocenters. The molecule has 8 heteroatoms. The summed E-state index contributed by atoms with van der Waals surface area (Å²) in [6.07, 6.45) is 0.963. The fraction of sp³-hybridized carbons (Fsp3) is 0.667. The van der Waals surface area contributed by atoms with Gasteiger partial charge in [-0.15, -0.1) is 0 Å². The van der Waals surface area contributed by atoms with E-state index in [9.17, 15) is 13.2 Å². The van der Waals surface area contributed by atoms with Crippen molar-refractivity contribution in [2.24, 2.45) is 0 Å². The van der Waals surface area contributed by atoms with Crippen molar-refractivity contribution in [1.29, 1.82) is 0 Å². The predicted octanol–water partition coefficient (Wildman–Crippen LogP) is -0.204. The SMILES string of the molecule is C=CC(=O)N(C)CS(=O)(=O)O.C[N+](C)(C)C.[Y]. The quantitative estimate of drug-likeness (QED) is 0.438. The summed E-state index contributed by atoms with van der Waals surface area (Å²) in [4.78, 5) is 11.5. The van der Waals surface area contributed by atoms with Gasteiger partial charge >= 0.3 is 0 Å². The molecule has 99 valence electrons. The van der Waals surface area contributed by atoms with E-state index in [0.29, 0.717) is 0 Å². The molecule has 1 amide bonds. The molecule has 0 saturated carbocycles. The van der Waals surface area contributed by atoms with E-state index in [1.54, 1.807) is 0 Å². The van der Waals surface area contributed by atoms with Crippen LogP contribution in [0.4, 0.5) is 0 Å². The number of carbonyl (C=O) groups excluding carboxylic acids is 1. The molecule has 6 nitrogen and oxygen atoms in total. The summed E-state index contributed by atoms with van der Waals surface area (Å²) in [7, 11) is 5.63. The molecule has 1 radical (unpaired) electrons. The zero-order chi connectivity index (χ0) is 13.6. The van der Waals surface area contributed by atoms with E-state index in [0.717, 1.165) is 15.5 Å². The standard InChI is InChI=1S/C5H9NO4S.C4H12N.Y/c1-3-5(7)6(2)4-11(8,9)10;1-5(2,3)4;/h3H,1,4H2,2H3,(H,8,9,10);1-4H3;/q;+1;. The predicted molar refractivity (Wildman–Crippen MR) is 63.3 cm³/mol. The van der Waals surface area contributed by atoms with Gasteiger partial charge in [-0.1, -0.05) is 6.58 Å². The van der Waals surface area contributed by atoms with Crippen molar-refractivity contribution < 1.29 is 55.0 Å². The minimum atomic E-state index is -4.12. The first-order chi connectivity index (χ1) is 6.87. The molecule has 0 aliphatic rings. The molecule has 0 aromatic heterocycles. The van der Waals surface area contributed by atoms with Gasteiger partial charge in [-0.3, -0.25) is 9.35 Å². The van der Waals surface area contributed by atoms with Crippen LogP contribution in [-0.2, 0) is 47.6 Å². The van der Waals surface area contributed by atoms with Crippen LogP contribution in [0.2, 0.25) is 0 Å². The Kier molecular flexibility index (Phi) is 12.1. The van der Waals surface area contributed by atoms with Gasteiger partial charge in [-0.2, -0.15) is 8.42 Å². The second kappa shape index (κ2) is 9.16. The molecular weight excluding hydrogens is 321 g/mol. The van der Waals surface area contributed by atoms with Crippen molar-refractivity contribution >= 4 is 16.0 Å². The molecule has 0 heterocycles. The Morgan fingerprint density at radius 2 is 1.65 bits per heavy atom. The minimum absolute atomic E-state index is 0. The van der Waals surface area contributed by atoms with Crippen LogP contribution < -0.4 is 0 Å². The average Bonchev–Trinajstić information content (AvgIpc) is 1.96. The Morgan fingerprint density at radius 1 is 1.35 bits per heavy atom. The van der Waals surface area contributed by atoms with Gasteiger partial charge in [0, 0.05) is 39.8 Å². The molecule has 0 aliphatic heterocycles. The fourth-order valence-corrected chi connectivity index (χ4v) is 1.08. The van der Waals surface area contributed by atoms with Gasteiger partial charge in [-0.25, -0.2) is 0 Å². The maximum atomic E-state index is 10.6. The van der Waals surface area contributed by atoms with Crippen LogP contribution in [0.15, 0.2) is 12.7 Å². The van der Waals surface area contributed by atoms with Crippen LogP contribution in [0, 0.1) is 0 Å². The van der Waals surface area contributed by atoms with E-state index in [1.807, 2.05) is 0 Å². The summed E-state index contributed by atoms with van der Waals surface area (Å²) < 4.78 is 29.7. The molecule has 0 saturated heterocycles. The molecule has 0 bridgehead atoms. The third-order valence-electron chi connectivity index (χ3n) is 0.908. The van der Waals surface area contributed by atoms with Gasteiger partial charge in [0.05, 0.1) is 28.2 Å². The van der Waals surface area contributed by atoms with Gasteiger partial charge in [0.25, 0.3) is 10.1 Å². The first-order valence-electron chi connectivity index (χ1n) is 4.48. The molecule has 0 atom stereocenters. The molecule has 1 N–H and O–H groups in total. The zero-order valence-electron chi connectivity index (χ0n) is 11.0. The monoisotopic (exact) mass is 342 g/mol. The largest absolute Gasteiger partial charge is 0.333 e. The van der Waals surface area contributed by atoms with Crippen LogP contribution in [0.25, 0.3) is 0 Å². The molecule has 0 spiro atoms. The molecule has 0 aliphatic carbocycles. The third kappa shape index (κ3) is 26.0. The number of hydrogen-bond acceptors (Lipinski definition) is 3. The Balaban J connectivity index is -0.000000280. The summed E-state index contributed by atoms with van der Waals surface area (Å²) in [6.45, 7) is 3.14. The summed E-state index contributed by atoms with van der Waals surface area (Å²) in [5.74, 6) is -1.26. The second-order valence-corrected chi connectivity index (χ2v) is 6.06. The van der Waals surface area contributed by atoms with E-state index < -0.39 is 21.9 Å². The van der Waals surface area contributed by atoms with Crippen molar-refractivity contribution in [3.63, 3.8) is 0 Å². The Bertz CT molecular complexity index is 329. The van der Waals surface area contributed by atoms with Crippen LogP contribution >= 0.6 is 0 Å². The molecular formula is C9H21N2O4SY+. The van der Waals surface area contributed by atoms with Crippen molar-refractivity contribution in [1.82, 2.24) is 4.90 Å². The van der Waals surface area contributed by atoms with E-state index in [1.165, 1.54) is 7.05 Å². The maximum absolute atomic E-state index is 10.6. The van der Waals surface area contributed by atoms with E-state index in [2.05, 4.69) is 34.8 Å². The van der Waals surface area contributed by atoms with E-state index >= 15 is 0 Å². The Labute approximate surface area is 129 Å². The molecule has 17 heavy (non-hydrogen) atoms. The number of rotatable bonds is 3. The van der Waals surface area contributed by atoms with Crippen LogP contribution in [0.1, 0.15) is 0 Å². The third-order valence-corrected chi connectivity index (χ3v) is 1.62. The van der Waals surface area contributed by atoms with Crippen LogP contribution in [0.3, 0.4) is 0 Å². The first kappa shape index (κ1) is 22.4. The smallest absolute Gasteiger partial charge is 0.283 e. The number of quaternary nitrogens is 1. The normalized spacial score (nSPS) is 10.5. The van der Waals surface area contributed by atoms with Gasteiger partial charge in [-0.05, 0) is 6.08 Å². The fourth-order valence-electron chi connectivity index (χ4n) is 0.464. The van der Waals surface area contributed by atoms with Gasteiger partial charge in [0.1, 0.15) is 5.88 Å². The number of likely N-dealkylation sites (N-methyl/N-ethyl adjacent to an activating group) is 1. The summed E-state index contributed by atoms with van der Waals surface area (Å²) >= 11 is 0. The van der Waals surface area contributed by atoms with Crippen LogP contribution in [0.5, 0.6) is 0 Å². The van der Waals surface area contributed by atoms with E-state index in [-0.39, 0.29) is 32.7 Å². The Morgan fingerprint density at radius 3 is 1.82 bits per heavy atom. The maximum Gasteiger partial charge on any atom is 0.283 e. The molecule has 0 rings (SSSR count). The zero-order valence-corrected chi connectivity index (χ0v) is 14.7. The summed E-state index contributed by atoms with van der Waals surface area (Å²) in [6, 6.07) is 0. The average molecular weight is 342 g/mol. The van der Waals surface area contributed by atoms with Gasteiger partial charge in [0.15, 0.2) is 0 Å². The summed E-state index contributed by atoms with van der Waals surface area (Å²) in [5, 5.41) is 0. The number of amides is 1. The first-order valence-corrected chi connectivity index (χ1v) is 6.09. The summed E-state index contributed by atoms with van der Waals surface area (Å²) in [5.41, 5.74) is 0. The number of nitrogens with zero attached hydrogens (tertiary/aromatic N) is 2. The molecule has 0 fully saturated rings. The minimum Gasteiger partial charge on any atom is -0.333 e. The number of hydrogen-bond donors (Lipinski definition) is 1. The number of carbonyl (C=O) groups is 1.